The Labute approximate surface area is 120 Å². The number of ether oxygens (including phenoxy) is 1. The van der Waals surface area contributed by atoms with E-state index in [-0.39, 0.29) is 5.76 Å². The Balaban J connectivity index is 2.03. The minimum absolute atomic E-state index is 0.00390. The van der Waals surface area contributed by atoms with E-state index in [1.54, 1.807) is 18.2 Å². The molecule has 1 atom stereocenters. The largest absolute Gasteiger partial charge is 0.449 e. The second kappa shape index (κ2) is 6.08. The first-order valence-electron chi connectivity index (χ1n) is 6.23. The van der Waals surface area contributed by atoms with Crippen molar-refractivity contribution in [2.45, 2.75) is 13.0 Å². The molecule has 0 aliphatic heterocycles. The molecule has 2 aromatic rings. The van der Waals surface area contributed by atoms with E-state index in [0.29, 0.717) is 5.58 Å². The molecule has 110 valence electrons. The van der Waals surface area contributed by atoms with Crippen molar-refractivity contribution in [3.63, 3.8) is 0 Å². The SMILES string of the molecule is CNC(=O)NC(=O)[C@@H](C)OC(=O)c1cc2ccccc2o1. The van der Waals surface area contributed by atoms with Crippen LogP contribution in [0.25, 0.3) is 11.0 Å². The lowest BCUT2D eigenvalue weighted by Gasteiger charge is -2.11. The first kappa shape index (κ1) is 14.6. The monoisotopic (exact) mass is 290 g/mol. The van der Waals surface area contributed by atoms with Crippen LogP contribution in [0.1, 0.15) is 17.5 Å². The van der Waals surface area contributed by atoms with E-state index in [4.69, 9.17) is 9.15 Å². The van der Waals surface area contributed by atoms with Crippen molar-refractivity contribution in [2.24, 2.45) is 0 Å². The zero-order valence-electron chi connectivity index (χ0n) is 11.5. The highest BCUT2D eigenvalue weighted by atomic mass is 16.6. The van der Waals surface area contributed by atoms with E-state index >= 15 is 0 Å². The van der Waals surface area contributed by atoms with Gasteiger partial charge in [0, 0.05) is 12.4 Å². The molecule has 0 aliphatic rings. The smallest absolute Gasteiger partial charge is 0.375 e. The standard InChI is InChI=1S/C14H14N2O5/c1-8(12(17)16-14(19)15-2)20-13(18)11-7-9-5-3-4-6-10(9)21-11/h3-8H,1-2H3,(H2,15,16,17,19)/t8-/m1/s1. The third-order valence-corrected chi connectivity index (χ3v) is 2.74. The minimum Gasteiger partial charge on any atom is -0.449 e. The van der Waals surface area contributed by atoms with E-state index in [1.807, 2.05) is 11.4 Å². The Hall–Kier alpha value is -2.83. The molecule has 0 bridgehead atoms. The summed E-state index contributed by atoms with van der Waals surface area (Å²) >= 11 is 0. The zero-order chi connectivity index (χ0) is 15.4. The van der Waals surface area contributed by atoms with Gasteiger partial charge in [0.2, 0.25) is 5.76 Å². The molecule has 0 aliphatic carbocycles. The summed E-state index contributed by atoms with van der Waals surface area (Å²) in [5, 5.41) is 5.00. The molecule has 0 saturated carbocycles. The number of nitrogens with one attached hydrogen (secondary N) is 2. The number of hydrogen-bond acceptors (Lipinski definition) is 5. The summed E-state index contributed by atoms with van der Waals surface area (Å²) in [4.78, 5) is 34.5. The van der Waals surface area contributed by atoms with Crippen molar-refractivity contribution in [3.05, 3.63) is 36.1 Å². The number of imide groups is 1. The number of amides is 3. The molecule has 0 unspecified atom stereocenters. The number of benzene rings is 1. The van der Waals surface area contributed by atoms with E-state index in [2.05, 4.69) is 5.32 Å². The quantitative estimate of drug-likeness (QED) is 0.833. The van der Waals surface area contributed by atoms with Crippen molar-refractivity contribution < 1.29 is 23.5 Å². The Kier molecular flexibility index (Phi) is 4.22. The summed E-state index contributed by atoms with van der Waals surface area (Å²) in [7, 11) is 1.37. The van der Waals surface area contributed by atoms with E-state index < -0.39 is 24.0 Å². The van der Waals surface area contributed by atoms with Crippen LogP contribution in [0.5, 0.6) is 0 Å². The highest BCUT2D eigenvalue weighted by molar-refractivity contribution is 5.98. The van der Waals surface area contributed by atoms with Crippen molar-refractivity contribution >= 4 is 28.9 Å². The second-order valence-corrected chi connectivity index (χ2v) is 4.26. The molecule has 2 N–H and O–H groups in total. The van der Waals surface area contributed by atoms with Crippen molar-refractivity contribution in [2.75, 3.05) is 7.05 Å². The number of para-hydroxylation sites is 1. The predicted molar refractivity (Wildman–Crippen MR) is 73.7 cm³/mol. The zero-order valence-corrected chi connectivity index (χ0v) is 11.5. The fourth-order valence-corrected chi connectivity index (χ4v) is 1.63. The highest BCUT2D eigenvalue weighted by Crippen LogP contribution is 2.19. The van der Waals surface area contributed by atoms with Gasteiger partial charge in [-0.2, -0.15) is 0 Å². The number of hydrogen-bond donors (Lipinski definition) is 2. The van der Waals surface area contributed by atoms with Gasteiger partial charge in [0.15, 0.2) is 6.10 Å². The van der Waals surface area contributed by atoms with Crippen molar-refractivity contribution in [1.82, 2.24) is 10.6 Å². The van der Waals surface area contributed by atoms with Gasteiger partial charge in [-0.15, -0.1) is 0 Å². The second-order valence-electron chi connectivity index (χ2n) is 4.26. The summed E-state index contributed by atoms with van der Waals surface area (Å²) < 4.78 is 10.3. The summed E-state index contributed by atoms with van der Waals surface area (Å²) in [5.41, 5.74) is 0.548. The van der Waals surface area contributed by atoms with Crippen LogP contribution in [0.4, 0.5) is 4.79 Å². The highest BCUT2D eigenvalue weighted by Gasteiger charge is 2.22. The molecule has 0 radical (unpaired) electrons. The molecule has 0 fully saturated rings. The molecule has 0 spiro atoms. The summed E-state index contributed by atoms with van der Waals surface area (Å²) in [6, 6.07) is 7.95. The van der Waals surface area contributed by atoms with Crippen LogP contribution in [0.3, 0.4) is 0 Å². The number of rotatable bonds is 3. The predicted octanol–water partition coefficient (Wildman–Crippen LogP) is 1.43. The van der Waals surface area contributed by atoms with E-state index in [9.17, 15) is 14.4 Å². The van der Waals surface area contributed by atoms with Gasteiger partial charge in [0.1, 0.15) is 5.58 Å². The molecule has 1 aromatic carbocycles. The minimum atomic E-state index is -1.12. The van der Waals surface area contributed by atoms with Gasteiger partial charge in [0.25, 0.3) is 5.91 Å². The van der Waals surface area contributed by atoms with Crippen LogP contribution in [-0.2, 0) is 9.53 Å². The lowest BCUT2D eigenvalue weighted by molar-refractivity contribution is -0.128. The maximum absolute atomic E-state index is 11.9. The van der Waals surface area contributed by atoms with Crippen LogP contribution < -0.4 is 10.6 Å². The van der Waals surface area contributed by atoms with Gasteiger partial charge in [0.05, 0.1) is 0 Å². The maximum atomic E-state index is 11.9. The molecule has 2 rings (SSSR count). The summed E-state index contributed by atoms with van der Waals surface area (Å²) in [6.07, 6.45) is -1.12. The lowest BCUT2D eigenvalue weighted by Crippen LogP contribution is -2.43. The first-order chi connectivity index (χ1) is 10.0. The fraction of sp³-hybridized carbons (Fsp3) is 0.214. The van der Waals surface area contributed by atoms with Gasteiger partial charge >= 0.3 is 12.0 Å². The van der Waals surface area contributed by atoms with Crippen LogP contribution in [0.15, 0.2) is 34.7 Å². The van der Waals surface area contributed by atoms with Crippen molar-refractivity contribution in [1.29, 1.82) is 0 Å². The van der Waals surface area contributed by atoms with Gasteiger partial charge < -0.3 is 14.5 Å². The number of furan rings is 1. The fourth-order valence-electron chi connectivity index (χ4n) is 1.63. The van der Waals surface area contributed by atoms with Gasteiger partial charge in [-0.3, -0.25) is 10.1 Å². The Morgan fingerprint density at radius 3 is 2.62 bits per heavy atom. The number of fused-ring (bicyclic) bond motifs is 1. The first-order valence-corrected chi connectivity index (χ1v) is 6.23. The molecular formula is C14H14N2O5. The summed E-state index contributed by atoms with van der Waals surface area (Å²) in [6.45, 7) is 1.36. The van der Waals surface area contributed by atoms with Crippen LogP contribution in [0, 0.1) is 0 Å². The topological polar surface area (TPSA) is 97.6 Å². The lowest BCUT2D eigenvalue weighted by atomic mass is 10.2. The maximum Gasteiger partial charge on any atom is 0.375 e. The normalized spacial score (nSPS) is 11.7. The third-order valence-electron chi connectivity index (χ3n) is 2.74. The van der Waals surface area contributed by atoms with Crippen LogP contribution in [-0.4, -0.2) is 31.1 Å². The summed E-state index contributed by atoms with van der Waals surface area (Å²) in [5.74, 6) is -1.50. The molecule has 3 amide bonds. The Morgan fingerprint density at radius 2 is 1.95 bits per heavy atom. The average Bonchev–Trinajstić information content (AvgIpc) is 2.90. The number of urea groups is 1. The van der Waals surface area contributed by atoms with E-state index in [1.165, 1.54) is 20.0 Å². The van der Waals surface area contributed by atoms with Gasteiger partial charge in [-0.05, 0) is 19.1 Å². The molecule has 7 heteroatoms. The van der Waals surface area contributed by atoms with E-state index in [0.717, 1.165) is 5.39 Å². The molecular weight excluding hydrogens is 276 g/mol. The molecule has 7 nitrogen and oxygen atoms in total. The number of carbonyl (C=O) groups is 3. The Bertz CT molecular complexity index is 658. The molecule has 1 aromatic heterocycles. The average molecular weight is 290 g/mol. The molecule has 0 saturated heterocycles. The van der Waals surface area contributed by atoms with Crippen LogP contribution >= 0.6 is 0 Å². The molecule has 21 heavy (non-hydrogen) atoms. The number of esters is 1. The Morgan fingerprint density at radius 1 is 1.24 bits per heavy atom. The van der Waals surface area contributed by atoms with Gasteiger partial charge in [-0.1, -0.05) is 18.2 Å². The van der Waals surface area contributed by atoms with Crippen LogP contribution in [0.2, 0.25) is 0 Å². The van der Waals surface area contributed by atoms with Crippen molar-refractivity contribution in [3.8, 4) is 0 Å². The third kappa shape index (κ3) is 3.38. The van der Waals surface area contributed by atoms with Gasteiger partial charge in [-0.25, -0.2) is 9.59 Å². The molecule has 1 heterocycles. The number of carbonyl (C=O) groups excluding carboxylic acids is 3.